The van der Waals surface area contributed by atoms with Gasteiger partial charge in [-0.25, -0.2) is 0 Å². The molecule has 9 heteroatoms. The summed E-state index contributed by atoms with van der Waals surface area (Å²) in [5, 5.41) is 4.02. The van der Waals surface area contributed by atoms with E-state index in [1.807, 2.05) is 48.5 Å². The third-order valence-electron chi connectivity index (χ3n) is 5.65. The van der Waals surface area contributed by atoms with E-state index in [9.17, 15) is 18.0 Å². The average molecular weight is 496 g/mol. The number of ether oxygens (including phenoxy) is 1. The lowest BCUT2D eigenvalue weighted by Crippen LogP contribution is -2.35. The van der Waals surface area contributed by atoms with Crippen LogP contribution in [0.3, 0.4) is 0 Å². The fourth-order valence-electron chi connectivity index (χ4n) is 3.67. The third-order valence-corrected chi connectivity index (χ3v) is 5.65. The van der Waals surface area contributed by atoms with Crippen LogP contribution in [0.15, 0.2) is 83.4 Å². The maximum absolute atomic E-state index is 13.2. The molecule has 0 aliphatic carbocycles. The molecule has 0 radical (unpaired) electrons. The summed E-state index contributed by atoms with van der Waals surface area (Å²) in [5.41, 5.74) is 1.15. The predicted molar refractivity (Wildman–Crippen MR) is 127 cm³/mol. The summed E-state index contributed by atoms with van der Waals surface area (Å²) in [6.45, 7) is 0.632. The van der Waals surface area contributed by atoms with Gasteiger partial charge in [0, 0.05) is 30.6 Å². The highest BCUT2D eigenvalue weighted by Crippen LogP contribution is 2.29. The summed E-state index contributed by atoms with van der Waals surface area (Å²) >= 11 is 0. The van der Waals surface area contributed by atoms with E-state index < -0.39 is 11.7 Å². The van der Waals surface area contributed by atoms with Crippen LogP contribution in [0.5, 0.6) is 5.75 Å². The van der Waals surface area contributed by atoms with Crippen LogP contribution in [0.1, 0.15) is 27.4 Å². The minimum atomic E-state index is -4.47. The zero-order valence-corrected chi connectivity index (χ0v) is 19.5. The molecule has 0 atom stereocenters. The first kappa shape index (κ1) is 25.0. The van der Waals surface area contributed by atoms with Crippen LogP contribution in [-0.2, 0) is 19.0 Å². The molecule has 1 aromatic heterocycles. The number of carbonyl (C=O) groups excluding carboxylic acids is 1. The molecule has 4 rings (SSSR count). The second kappa shape index (κ2) is 11.1. The molecule has 0 N–H and O–H groups in total. The van der Waals surface area contributed by atoms with E-state index in [2.05, 4.69) is 10.1 Å². The molecule has 3 aromatic carbocycles. The van der Waals surface area contributed by atoms with Gasteiger partial charge in [-0.15, -0.1) is 0 Å². The van der Waals surface area contributed by atoms with Gasteiger partial charge in [0.1, 0.15) is 5.75 Å². The standard InChI is InChI=1S/C27H24F3N3O3/c1-35-23-9-5-8-21(18-23)25-31-24(36-32-25)15-17-33(16-14-19-6-3-2-4-7-19)26(34)20-10-12-22(13-11-20)27(28,29)30/h2-13,18H,14-17H2,1H3. The van der Waals surface area contributed by atoms with Crippen molar-refractivity contribution in [3.05, 3.63) is 101 Å². The summed E-state index contributed by atoms with van der Waals surface area (Å²) in [6, 6.07) is 21.1. The summed E-state index contributed by atoms with van der Waals surface area (Å²) < 4.78 is 49.4. The number of hydrogen-bond acceptors (Lipinski definition) is 5. The van der Waals surface area contributed by atoms with Crippen LogP contribution in [0, 0.1) is 0 Å². The molecular weight excluding hydrogens is 471 g/mol. The monoisotopic (exact) mass is 495 g/mol. The van der Waals surface area contributed by atoms with Gasteiger partial charge >= 0.3 is 6.18 Å². The largest absolute Gasteiger partial charge is 0.497 e. The Hall–Kier alpha value is -4.14. The summed E-state index contributed by atoms with van der Waals surface area (Å²) in [6.07, 6.45) is -3.59. The van der Waals surface area contributed by atoms with Crippen LogP contribution in [-0.4, -0.2) is 41.1 Å². The van der Waals surface area contributed by atoms with E-state index in [1.54, 1.807) is 18.1 Å². The number of amides is 1. The Morgan fingerprint density at radius 1 is 0.944 bits per heavy atom. The number of alkyl halides is 3. The molecule has 186 valence electrons. The molecule has 1 amide bonds. The Morgan fingerprint density at radius 2 is 1.67 bits per heavy atom. The van der Waals surface area contributed by atoms with Gasteiger partial charge < -0.3 is 14.2 Å². The SMILES string of the molecule is COc1cccc(-c2noc(CCN(CCc3ccccc3)C(=O)c3ccc(C(F)(F)F)cc3)n2)c1. The molecule has 0 saturated carbocycles. The Kier molecular flexibility index (Phi) is 7.68. The smallest absolute Gasteiger partial charge is 0.416 e. The number of hydrogen-bond donors (Lipinski definition) is 0. The fourth-order valence-corrected chi connectivity index (χ4v) is 3.67. The number of nitrogens with zero attached hydrogens (tertiary/aromatic N) is 3. The van der Waals surface area contributed by atoms with Crippen molar-refractivity contribution in [1.82, 2.24) is 15.0 Å². The molecule has 36 heavy (non-hydrogen) atoms. The minimum absolute atomic E-state index is 0.179. The number of halogens is 3. The number of carbonyl (C=O) groups is 1. The van der Waals surface area contributed by atoms with E-state index in [0.717, 1.165) is 23.3 Å². The normalized spacial score (nSPS) is 11.3. The first-order chi connectivity index (χ1) is 17.3. The van der Waals surface area contributed by atoms with Gasteiger partial charge in [-0.05, 0) is 48.4 Å². The zero-order chi connectivity index (χ0) is 25.5. The average Bonchev–Trinajstić information content (AvgIpc) is 3.38. The lowest BCUT2D eigenvalue weighted by molar-refractivity contribution is -0.137. The van der Waals surface area contributed by atoms with Crippen molar-refractivity contribution < 1.29 is 27.2 Å². The zero-order valence-electron chi connectivity index (χ0n) is 19.5. The minimum Gasteiger partial charge on any atom is -0.497 e. The van der Waals surface area contributed by atoms with Gasteiger partial charge in [-0.1, -0.05) is 47.6 Å². The van der Waals surface area contributed by atoms with Gasteiger partial charge in [0.15, 0.2) is 0 Å². The second-order valence-corrected chi connectivity index (χ2v) is 8.10. The van der Waals surface area contributed by atoms with Crippen molar-refractivity contribution in [2.75, 3.05) is 20.2 Å². The molecule has 4 aromatic rings. The Labute approximate surface area is 206 Å². The molecular formula is C27H24F3N3O3. The highest BCUT2D eigenvalue weighted by Gasteiger charge is 2.30. The fraction of sp³-hybridized carbons (Fsp3) is 0.222. The highest BCUT2D eigenvalue weighted by atomic mass is 19.4. The van der Waals surface area contributed by atoms with E-state index in [0.29, 0.717) is 30.4 Å². The number of aromatic nitrogens is 2. The lowest BCUT2D eigenvalue weighted by atomic mass is 10.1. The lowest BCUT2D eigenvalue weighted by Gasteiger charge is -2.22. The van der Waals surface area contributed by atoms with E-state index >= 15 is 0 Å². The van der Waals surface area contributed by atoms with Gasteiger partial charge in [-0.2, -0.15) is 18.2 Å². The molecule has 0 bridgehead atoms. The van der Waals surface area contributed by atoms with Crippen molar-refractivity contribution in [3.8, 4) is 17.1 Å². The van der Waals surface area contributed by atoms with Crippen molar-refractivity contribution in [2.45, 2.75) is 19.0 Å². The molecule has 0 aliphatic heterocycles. The van der Waals surface area contributed by atoms with Crippen LogP contribution in [0.4, 0.5) is 13.2 Å². The van der Waals surface area contributed by atoms with Gasteiger partial charge in [0.05, 0.1) is 12.7 Å². The quantitative estimate of drug-likeness (QED) is 0.298. The summed E-state index contributed by atoms with van der Waals surface area (Å²) in [5.74, 6) is 1.03. The first-order valence-electron chi connectivity index (χ1n) is 11.3. The molecule has 1 heterocycles. The number of rotatable bonds is 9. The molecule has 0 fully saturated rings. The van der Waals surface area contributed by atoms with Crippen LogP contribution in [0.2, 0.25) is 0 Å². The Morgan fingerprint density at radius 3 is 2.36 bits per heavy atom. The molecule has 0 aliphatic rings. The summed E-state index contributed by atoms with van der Waals surface area (Å²) in [4.78, 5) is 19.2. The molecule has 0 unspecified atom stereocenters. The van der Waals surface area contributed by atoms with Crippen LogP contribution < -0.4 is 4.74 Å². The number of methoxy groups -OCH3 is 1. The van der Waals surface area contributed by atoms with E-state index in [4.69, 9.17) is 9.26 Å². The maximum atomic E-state index is 13.2. The van der Waals surface area contributed by atoms with Crippen molar-refractivity contribution >= 4 is 5.91 Å². The Bertz CT molecular complexity index is 1290. The van der Waals surface area contributed by atoms with Crippen molar-refractivity contribution in [2.24, 2.45) is 0 Å². The first-order valence-corrected chi connectivity index (χ1v) is 11.3. The molecule has 0 spiro atoms. The van der Waals surface area contributed by atoms with E-state index in [-0.39, 0.29) is 24.4 Å². The predicted octanol–water partition coefficient (Wildman–Crippen LogP) is 5.69. The highest BCUT2D eigenvalue weighted by molar-refractivity contribution is 5.94. The maximum Gasteiger partial charge on any atom is 0.416 e. The Balaban J connectivity index is 1.49. The van der Waals surface area contributed by atoms with Gasteiger partial charge in [-0.3, -0.25) is 4.79 Å². The van der Waals surface area contributed by atoms with Gasteiger partial charge in [0.2, 0.25) is 11.7 Å². The van der Waals surface area contributed by atoms with Crippen molar-refractivity contribution in [1.29, 1.82) is 0 Å². The van der Waals surface area contributed by atoms with Crippen LogP contribution >= 0.6 is 0 Å². The van der Waals surface area contributed by atoms with Gasteiger partial charge in [0.25, 0.3) is 5.91 Å². The second-order valence-electron chi connectivity index (χ2n) is 8.10. The van der Waals surface area contributed by atoms with Crippen molar-refractivity contribution in [3.63, 3.8) is 0 Å². The van der Waals surface area contributed by atoms with E-state index in [1.165, 1.54) is 12.1 Å². The molecule has 6 nitrogen and oxygen atoms in total. The third kappa shape index (κ3) is 6.29. The topological polar surface area (TPSA) is 68.5 Å². The van der Waals surface area contributed by atoms with Crippen LogP contribution in [0.25, 0.3) is 11.4 Å². The molecule has 0 saturated heterocycles. The summed E-state index contributed by atoms with van der Waals surface area (Å²) in [7, 11) is 1.57. The number of benzene rings is 3.